The maximum Gasteiger partial charge on any atom is 0.170 e. The van der Waals surface area contributed by atoms with E-state index in [2.05, 4.69) is 0 Å². The van der Waals surface area contributed by atoms with Crippen LogP contribution in [0.25, 0.3) is 0 Å². The molecule has 0 bridgehead atoms. The van der Waals surface area contributed by atoms with Gasteiger partial charge in [-0.15, -0.1) is 0 Å². The Morgan fingerprint density at radius 3 is 2.33 bits per heavy atom. The van der Waals surface area contributed by atoms with Crippen LogP contribution in [0.5, 0.6) is 17.2 Å². The normalized spacial score (nSPS) is 10.3. The number of phenols is 3. The van der Waals surface area contributed by atoms with Crippen molar-refractivity contribution in [2.75, 3.05) is 0 Å². The Morgan fingerprint density at radius 1 is 1.05 bits per heavy atom. The van der Waals surface area contributed by atoms with E-state index < -0.39 is 28.6 Å². The number of hydrogen-bond donors (Lipinski definition) is 3. The zero-order valence-corrected chi connectivity index (χ0v) is 11.1. The average Bonchev–Trinajstić information content (AvgIpc) is 2.46. The number of aryl methyl sites for hydroxylation is 1. The van der Waals surface area contributed by atoms with Crippen LogP contribution in [0.3, 0.4) is 0 Å². The number of benzene rings is 2. The number of aldehydes is 1. The Labute approximate surface area is 121 Å². The molecule has 0 atom stereocenters. The van der Waals surface area contributed by atoms with Crippen LogP contribution in [0.2, 0.25) is 0 Å². The molecule has 0 saturated carbocycles. The van der Waals surface area contributed by atoms with Gasteiger partial charge in [0.15, 0.2) is 12.1 Å². The summed E-state index contributed by atoms with van der Waals surface area (Å²) < 4.78 is 0. The van der Waals surface area contributed by atoms with E-state index in [1.165, 1.54) is 0 Å². The van der Waals surface area contributed by atoms with Crippen molar-refractivity contribution in [2.24, 2.45) is 0 Å². The van der Waals surface area contributed by atoms with Gasteiger partial charge in [0.05, 0.1) is 5.56 Å². The van der Waals surface area contributed by atoms with E-state index in [4.69, 9.17) is 0 Å². The van der Waals surface area contributed by atoms with Crippen molar-refractivity contribution in [2.45, 2.75) is 12.8 Å². The van der Waals surface area contributed by atoms with Gasteiger partial charge in [-0.2, -0.15) is 0 Å². The van der Waals surface area contributed by atoms with E-state index in [1.54, 1.807) is 0 Å². The molecule has 0 aliphatic rings. The first-order chi connectivity index (χ1) is 10.0. The van der Waals surface area contributed by atoms with E-state index in [0.717, 1.165) is 11.6 Å². The van der Waals surface area contributed by atoms with Crippen molar-refractivity contribution in [3.63, 3.8) is 0 Å². The second-order valence-electron chi connectivity index (χ2n) is 4.58. The second-order valence-corrected chi connectivity index (χ2v) is 4.58. The third kappa shape index (κ3) is 3.02. The average molecular weight is 286 g/mol. The third-order valence-corrected chi connectivity index (χ3v) is 3.18. The quantitative estimate of drug-likeness (QED) is 0.579. The molecule has 21 heavy (non-hydrogen) atoms. The summed E-state index contributed by atoms with van der Waals surface area (Å²) in [7, 11) is 0. The summed E-state index contributed by atoms with van der Waals surface area (Å²) >= 11 is 0. The lowest BCUT2D eigenvalue weighted by atomic mass is 9.98. The summed E-state index contributed by atoms with van der Waals surface area (Å²) in [6.07, 6.45) is 0.738. The number of rotatable bonds is 5. The molecule has 0 fully saturated rings. The van der Waals surface area contributed by atoms with Crippen molar-refractivity contribution in [3.8, 4) is 17.2 Å². The zero-order chi connectivity index (χ0) is 15.4. The molecule has 5 heteroatoms. The molecule has 108 valence electrons. The molecule has 0 unspecified atom stereocenters. The first-order valence-corrected chi connectivity index (χ1v) is 6.34. The third-order valence-electron chi connectivity index (χ3n) is 3.18. The van der Waals surface area contributed by atoms with Gasteiger partial charge in [0.1, 0.15) is 22.8 Å². The molecule has 0 aliphatic heterocycles. The van der Waals surface area contributed by atoms with Crippen LogP contribution < -0.4 is 0 Å². The predicted molar refractivity (Wildman–Crippen MR) is 75.9 cm³/mol. The highest BCUT2D eigenvalue weighted by Crippen LogP contribution is 2.37. The standard InChI is InChI=1S/C16H14O5/c17-9-11-13(19)8-14(20)15(16(11)21)12(18)7-6-10-4-2-1-3-5-10/h1-5,8-9,19-21H,6-7H2. The lowest BCUT2D eigenvalue weighted by Gasteiger charge is -2.10. The van der Waals surface area contributed by atoms with E-state index >= 15 is 0 Å². The van der Waals surface area contributed by atoms with E-state index in [1.807, 2.05) is 30.3 Å². The summed E-state index contributed by atoms with van der Waals surface area (Å²) in [5.74, 6) is -2.31. The molecular formula is C16H14O5. The minimum Gasteiger partial charge on any atom is -0.507 e. The fourth-order valence-electron chi connectivity index (χ4n) is 2.08. The van der Waals surface area contributed by atoms with Gasteiger partial charge in [0, 0.05) is 12.5 Å². The van der Waals surface area contributed by atoms with Gasteiger partial charge in [0.2, 0.25) is 0 Å². The lowest BCUT2D eigenvalue weighted by molar-refractivity contribution is 0.0977. The topological polar surface area (TPSA) is 94.8 Å². The molecule has 2 rings (SSSR count). The molecule has 0 amide bonds. The Hall–Kier alpha value is -2.82. The molecule has 0 saturated heterocycles. The molecule has 0 heterocycles. The van der Waals surface area contributed by atoms with Gasteiger partial charge in [-0.3, -0.25) is 9.59 Å². The Kier molecular flexibility index (Phi) is 4.23. The molecule has 0 aromatic heterocycles. The summed E-state index contributed by atoms with van der Waals surface area (Å²) in [6.45, 7) is 0. The van der Waals surface area contributed by atoms with Crippen molar-refractivity contribution < 1.29 is 24.9 Å². The van der Waals surface area contributed by atoms with Crippen LogP contribution in [0.1, 0.15) is 32.7 Å². The summed E-state index contributed by atoms with van der Waals surface area (Å²) in [5, 5.41) is 29.0. The van der Waals surface area contributed by atoms with Crippen molar-refractivity contribution >= 4 is 12.1 Å². The van der Waals surface area contributed by atoms with Crippen LogP contribution in [0, 0.1) is 0 Å². The molecular weight excluding hydrogens is 272 g/mol. The maximum atomic E-state index is 12.1. The molecule has 3 N–H and O–H groups in total. The van der Waals surface area contributed by atoms with Crippen LogP contribution >= 0.6 is 0 Å². The lowest BCUT2D eigenvalue weighted by Crippen LogP contribution is -2.04. The number of carbonyl (C=O) groups is 2. The zero-order valence-electron chi connectivity index (χ0n) is 11.1. The Morgan fingerprint density at radius 2 is 1.71 bits per heavy atom. The fraction of sp³-hybridized carbons (Fsp3) is 0.125. The van der Waals surface area contributed by atoms with Crippen LogP contribution in [-0.2, 0) is 6.42 Å². The summed E-state index contributed by atoms with van der Waals surface area (Å²) in [6, 6.07) is 10.2. The van der Waals surface area contributed by atoms with Gasteiger partial charge < -0.3 is 15.3 Å². The van der Waals surface area contributed by atoms with Crippen molar-refractivity contribution in [1.29, 1.82) is 0 Å². The van der Waals surface area contributed by atoms with Gasteiger partial charge >= 0.3 is 0 Å². The highest BCUT2D eigenvalue weighted by atomic mass is 16.3. The molecule has 5 nitrogen and oxygen atoms in total. The van der Waals surface area contributed by atoms with E-state index in [9.17, 15) is 24.9 Å². The monoisotopic (exact) mass is 286 g/mol. The van der Waals surface area contributed by atoms with Crippen LogP contribution in [0.15, 0.2) is 36.4 Å². The summed E-state index contributed by atoms with van der Waals surface area (Å²) in [4.78, 5) is 22.9. The first kappa shape index (κ1) is 14.6. The first-order valence-electron chi connectivity index (χ1n) is 6.34. The molecule has 0 spiro atoms. The number of carbonyl (C=O) groups excluding carboxylic acids is 2. The number of Topliss-reactive ketones (excluding diaryl/α,β-unsaturated/α-hetero) is 1. The molecule has 2 aromatic carbocycles. The fourth-order valence-corrected chi connectivity index (χ4v) is 2.08. The predicted octanol–water partition coefficient (Wildman–Crippen LogP) is 2.43. The highest BCUT2D eigenvalue weighted by molar-refractivity contribution is 6.04. The van der Waals surface area contributed by atoms with E-state index in [0.29, 0.717) is 6.42 Å². The Bertz CT molecular complexity index is 677. The Balaban J connectivity index is 2.25. The van der Waals surface area contributed by atoms with Crippen molar-refractivity contribution in [1.82, 2.24) is 0 Å². The number of hydrogen-bond acceptors (Lipinski definition) is 5. The molecule has 0 radical (unpaired) electrons. The summed E-state index contributed by atoms with van der Waals surface area (Å²) in [5.41, 5.74) is 0.195. The molecule has 0 aliphatic carbocycles. The minimum absolute atomic E-state index is 0.0637. The van der Waals surface area contributed by atoms with Gasteiger partial charge in [-0.25, -0.2) is 0 Å². The van der Waals surface area contributed by atoms with Gasteiger partial charge in [-0.05, 0) is 12.0 Å². The second kappa shape index (κ2) is 6.09. The van der Waals surface area contributed by atoms with Gasteiger partial charge in [0.25, 0.3) is 0 Å². The SMILES string of the molecule is O=Cc1c(O)cc(O)c(C(=O)CCc2ccccc2)c1O. The van der Waals surface area contributed by atoms with E-state index in [-0.39, 0.29) is 18.3 Å². The molecule has 2 aromatic rings. The largest absolute Gasteiger partial charge is 0.507 e. The highest BCUT2D eigenvalue weighted by Gasteiger charge is 2.22. The van der Waals surface area contributed by atoms with Crippen molar-refractivity contribution in [3.05, 3.63) is 53.1 Å². The minimum atomic E-state index is -0.694. The number of ketones is 1. The smallest absolute Gasteiger partial charge is 0.170 e. The van der Waals surface area contributed by atoms with Gasteiger partial charge in [-0.1, -0.05) is 30.3 Å². The van der Waals surface area contributed by atoms with Crippen LogP contribution in [0.4, 0.5) is 0 Å². The maximum absolute atomic E-state index is 12.1. The number of phenolic OH excluding ortho intramolecular Hbond substituents is 3. The number of aromatic hydroxyl groups is 3. The van der Waals surface area contributed by atoms with Crippen LogP contribution in [-0.4, -0.2) is 27.4 Å².